The molecule has 3 nitrogen and oxygen atoms in total. The zero-order valence-electron chi connectivity index (χ0n) is 13.0. The molecular weight excluding hydrogens is 222 g/mol. The summed E-state index contributed by atoms with van der Waals surface area (Å²) >= 11 is 0. The Bertz CT molecular complexity index is 282. The van der Waals surface area contributed by atoms with Gasteiger partial charge in [-0.2, -0.15) is 0 Å². The maximum absolute atomic E-state index is 3.78. The maximum Gasteiger partial charge on any atom is 0.0196 e. The van der Waals surface area contributed by atoms with Gasteiger partial charge in [-0.3, -0.25) is 4.90 Å². The summed E-state index contributed by atoms with van der Waals surface area (Å²) in [4.78, 5) is 2.74. The summed E-state index contributed by atoms with van der Waals surface area (Å²) in [6, 6.07) is 2.01. The van der Waals surface area contributed by atoms with Crippen molar-refractivity contribution in [3.8, 4) is 0 Å². The van der Waals surface area contributed by atoms with Gasteiger partial charge in [-0.1, -0.05) is 0 Å². The second kappa shape index (κ2) is 4.77. The van der Waals surface area contributed by atoms with Gasteiger partial charge >= 0.3 is 0 Å². The van der Waals surface area contributed by atoms with E-state index in [1.54, 1.807) is 0 Å². The number of hydrogen-bond acceptors (Lipinski definition) is 3. The first-order valence-electron chi connectivity index (χ1n) is 7.47. The Morgan fingerprint density at radius 2 is 1.56 bits per heavy atom. The molecule has 0 saturated carbocycles. The number of piperidine rings is 1. The van der Waals surface area contributed by atoms with Crippen molar-refractivity contribution in [3.05, 3.63) is 0 Å². The molecule has 0 bridgehead atoms. The van der Waals surface area contributed by atoms with Gasteiger partial charge < -0.3 is 10.6 Å². The molecule has 2 aliphatic rings. The van der Waals surface area contributed by atoms with E-state index in [2.05, 4.69) is 57.1 Å². The molecule has 0 spiro atoms. The second-order valence-corrected chi connectivity index (χ2v) is 7.81. The molecule has 2 rings (SSSR count). The van der Waals surface area contributed by atoms with E-state index >= 15 is 0 Å². The summed E-state index contributed by atoms with van der Waals surface area (Å²) in [7, 11) is 0. The lowest BCUT2D eigenvalue weighted by Gasteiger charge is -2.52. The first kappa shape index (κ1) is 14.3. The van der Waals surface area contributed by atoms with Gasteiger partial charge in [-0.15, -0.1) is 0 Å². The van der Waals surface area contributed by atoms with Gasteiger partial charge in [0.1, 0.15) is 0 Å². The minimum atomic E-state index is 0.250. The Balaban J connectivity index is 2.11. The second-order valence-electron chi connectivity index (χ2n) is 7.81. The summed E-state index contributed by atoms with van der Waals surface area (Å²) in [5.74, 6) is 0. The van der Waals surface area contributed by atoms with Crippen LogP contribution in [-0.2, 0) is 0 Å². The third-order valence-electron chi connectivity index (χ3n) is 4.45. The number of hydrogen-bond donors (Lipinski definition) is 2. The largest absolute Gasteiger partial charge is 0.311 e. The molecule has 2 fully saturated rings. The van der Waals surface area contributed by atoms with E-state index < -0.39 is 0 Å². The highest BCUT2D eigenvalue weighted by Gasteiger charge is 2.41. The van der Waals surface area contributed by atoms with Gasteiger partial charge in [0.2, 0.25) is 0 Å². The molecule has 0 amide bonds. The molecule has 3 heteroatoms. The van der Waals surface area contributed by atoms with Crippen LogP contribution in [0.5, 0.6) is 0 Å². The molecular formula is C15H31N3. The molecule has 0 aromatic heterocycles. The molecule has 0 aromatic rings. The lowest BCUT2D eigenvalue weighted by Crippen LogP contribution is -2.66. The molecule has 2 aliphatic heterocycles. The van der Waals surface area contributed by atoms with Crippen molar-refractivity contribution in [1.29, 1.82) is 0 Å². The molecule has 0 aliphatic carbocycles. The van der Waals surface area contributed by atoms with Gasteiger partial charge in [0.25, 0.3) is 0 Å². The Morgan fingerprint density at radius 3 is 2.11 bits per heavy atom. The van der Waals surface area contributed by atoms with Crippen molar-refractivity contribution < 1.29 is 0 Å². The minimum Gasteiger partial charge on any atom is -0.311 e. The Morgan fingerprint density at radius 1 is 1.00 bits per heavy atom. The highest BCUT2D eigenvalue weighted by Crippen LogP contribution is 2.32. The van der Waals surface area contributed by atoms with Gasteiger partial charge in [0, 0.05) is 42.3 Å². The van der Waals surface area contributed by atoms with Crippen LogP contribution in [0.3, 0.4) is 0 Å². The van der Waals surface area contributed by atoms with E-state index in [0.29, 0.717) is 12.1 Å². The SMILES string of the molecule is CC1CN(C2CC(C)(C)NC(C)(C)C2)C(C)CN1. The maximum atomic E-state index is 3.78. The first-order valence-corrected chi connectivity index (χ1v) is 7.47. The molecule has 2 heterocycles. The number of nitrogens with zero attached hydrogens (tertiary/aromatic N) is 1. The third kappa shape index (κ3) is 3.25. The highest BCUT2D eigenvalue weighted by molar-refractivity contribution is 5.02. The molecule has 2 saturated heterocycles. The quantitative estimate of drug-likeness (QED) is 0.748. The first-order chi connectivity index (χ1) is 8.19. The summed E-state index contributed by atoms with van der Waals surface area (Å²) in [6.07, 6.45) is 2.51. The Hall–Kier alpha value is -0.120. The smallest absolute Gasteiger partial charge is 0.0196 e. The molecule has 2 unspecified atom stereocenters. The van der Waals surface area contributed by atoms with Crippen LogP contribution in [-0.4, -0.2) is 47.2 Å². The fourth-order valence-corrected chi connectivity index (χ4v) is 4.06. The van der Waals surface area contributed by atoms with Crippen molar-refractivity contribution in [2.45, 2.75) is 83.6 Å². The number of nitrogens with one attached hydrogen (secondary N) is 2. The van der Waals surface area contributed by atoms with Crippen molar-refractivity contribution in [2.75, 3.05) is 13.1 Å². The molecule has 2 N–H and O–H groups in total. The molecule has 0 aromatic carbocycles. The van der Waals surface area contributed by atoms with E-state index in [1.165, 1.54) is 19.4 Å². The van der Waals surface area contributed by atoms with Crippen LogP contribution >= 0.6 is 0 Å². The third-order valence-corrected chi connectivity index (χ3v) is 4.45. The fraction of sp³-hybridized carbons (Fsp3) is 1.00. The van der Waals surface area contributed by atoms with Crippen molar-refractivity contribution in [2.24, 2.45) is 0 Å². The van der Waals surface area contributed by atoms with Crippen LogP contribution in [0, 0.1) is 0 Å². The van der Waals surface area contributed by atoms with Crippen LogP contribution in [0.4, 0.5) is 0 Å². The fourth-order valence-electron chi connectivity index (χ4n) is 4.06. The summed E-state index contributed by atoms with van der Waals surface area (Å²) < 4.78 is 0. The molecule has 106 valence electrons. The van der Waals surface area contributed by atoms with Crippen molar-refractivity contribution in [3.63, 3.8) is 0 Å². The van der Waals surface area contributed by atoms with Crippen LogP contribution in [0.15, 0.2) is 0 Å². The highest BCUT2D eigenvalue weighted by atomic mass is 15.3. The zero-order valence-corrected chi connectivity index (χ0v) is 13.0. The molecule has 0 radical (unpaired) electrons. The molecule has 18 heavy (non-hydrogen) atoms. The summed E-state index contributed by atoms with van der Waals surface area (Å²) in [5.41, 5.74) is 0.500. The van der Waals surface area contributed by atoms with E-state index in [0.717, 1.165) is 12.6 Å². The normalized spacial score (nSPS) is 37.7. The Labute approximate surface area is 113 Å². The zero-order chi connectivity index (χ0) is 13.6. The van der Waals surface area contributed by atoms with Gasteiger partial charge in [0.05, 0.1) is 0 Å². The molecule has 2 atom stereocenters. The van der Waals surface area contributed by atoms with E-state index in [1.807, 2.05) is 0 Å². The van der Waals surface area contributed by atoms with Gasteiger partial charge in [-0.05, 0) is 54.4 Å². The lowest BCUT2D eigenvalue weighted by molar-refractivity contribution is 0.0229. The van der Waals surface area contributed by atoms with Crippen LogP contribution in [0.1, 0.15) is 54.4 Å². The lowest BCUT2D eigenvalue weighted by atomic mass is 9.78. The minimum absolute atomic E-state index is 0.250. The van der Waals surface area contributed by atoms with Crippen molar-refractivity contribution >= 4 is 0 Å². The van der Waals surface area contributed by atoms with Crippen LogP contribution in [0.2, 0.25) is 0 Å². The monoisotopic (exact) mass is 253 g/mol. The predicted octanol–water partition coefficient (Wildman–Crippen LogP) is 1.98. The summed E-state index contributed by atoms with van der Waals surface area (Å²) in [5, 5.41) is 7.37. The number of piperazine rings is 1. The number of rotatable bonds is 1. The Kier molecular flexibility index (Phi) is 3.79. The van der Waals surface area contributed by atoms with Crippen molar-refractivity contribution in [1.82, 2.24) is 15.5 Å². The van der Waals surface area contributed by atoms with Gasteiger partial charge in [-0.25, -0.2) is 0 Å². The topological polar surface area (TPSA) is 27.3 Å². The average Bonchev–Trinajstić information content (AvgIpc) is 2.17. The summed E-state index contributed by atoms with van der Waals surface area (Å²) in [6.45, 7) is 16.4. The van der Waals surface area contributed by atoms with E-state index in [4.69, 9.17) is 0 Å². The predicted molar refractivity (Wildman–Crippen MR) is 77.9 cm³/mol. The van der Waals surface area contributed by atoms with Gasteiger partial charge in [0.15, 0.2) is 0 Å². The van der Waals surface area contributed by atoms with Crippen LogP contribution in [0.25, 0.3) is 0 Å². The average molecular weight is 253 g/mol. The van der Waals surface area contributed by atoms with E-state index in [-0.39, 0.29) is 11.1 Å². The van der Waals surface area contributed by atoms with E-state index in [9.17, 15) is 0 Å². The van der Waals surface area contributed by atoms with Crippen LogP contribution < -0.4 is 10.6 Å². The standard InChI is InChI=1S/C15H31N3/c1-11-10-18(12(2)9-16-11)13-7-14(3,4)17-15(5,6)8-13/h11-13,16-17H,7-10H2,1-6H3.